The van der Waals surface area contributed by atoms with E-state index in [4.69, 9.17) is 16.2 Å². The van der Waals surface area contributed by atoms with Crippen LogP contribution in [-0.4, -0.2) is 42.8 Å². The molecule has 0 heterocycles. The molecule has 1 fully saturated rings. The largest absolute Gasteiger partial charge is 0.444 e. The lowest BCUT2D eigenvalue weighted by Crippen LogP contribution is -2.41. The second kappa shape index (κ2) is 8.59. The Morgan fingerprint density at radius 2 is 1.71 bits per heavy atom. The van der Waals surface area contributed by atoms with Crippen LogP contribution in [0.4, 0.5) is 4.79 Å². The molecule has 5 heteroatoms. The number of hydrogen-bond donors (Lipinski definition) is 2. The molecule has 124 valence electrons. The summed E-state index contributed by atoms with van der Waals surface area (Å²) in [6.45, 7) is 8.55. The molecule has 0 atom stereocenters. The van der Waals surface area contributed by atoms with Gasteiger partial charge in [0.25, 0.3) is 0 Å². The van der Waals surface area contributed by atoms with Crippen LogP contribution < -0.4 is 11.5 Å². The molecule has 1 amide bonds. The van der Waals surface area contributed by atoms with E-state index in [0.717, 1.165) is 32.4 Å². The van der Waals surface area contributed by atoms with Crippen LogP contribution in [0.3, 0.4) is 0 Å². The van der Waals surface area contributed by atoms with Crippen LogP contribution in [0.15, 0.2) is 0 Å². The average Bonchev–Trinajstić information content (AvgIpc) is 2.42. The number of rotatable bonds is 6. The zero-order chi connectivity index (χ0) is 15.9. The molecule has 0 radical (unpaired) electrons. The van der Waals surface area contributed by atoms with Crippen molar-refractivity contribution in [2.24, 2.45) is 23.3 Å². The summed E-state index contributed by atoms with van der Waals surface area (Å²) < 4.78 is 5.51. The first kappa shape index (κ1) is 18.2. The predicted octanol–water partition coefficient (Wildman–Crippen LogP) is 2.34. The van der Waals surface area contributed by atoms with E-state index in [2.05, 4.69) is 0 Å². The lowest BCUT2D eigenvalue weighted by atomic mass is 9.82. The van der Waals surface area contributed by atoms with Crippen molar-refractivity contribution in [2.45, 2.75) is 58.5 Å². The Labute approximate surface area is 129 Å². The highest BCUT2D eigenvalue weighted by atomic mass is 16.6. The maximum atomic E-state index is 12.3. The van der Waals surface area contributed by atoms with Gasteiger partial charge in [-0.15, -0.1) is 0 Å². The van der Waals surface area contributed by atoms with Gasteiger partial charge in [-0.2, -0.15) is 0 Å². The van der Waals surface area contributed by atoms with Crippen molar-refractivity contribution in [3.8, 4) is 0 Å². The van der Waals surface area contributed by atoms with Crippen molar-refractivity contribution in [3.05, 3.63) is 0 Å². The number of amides is 1. The van der Waals surface area contributed by atoms with E-state index in [9.17, 15) is 4.79 Å². The van der Waals surface area contributed by atoms with Gasteiger partial charge in [-0.25, -0.2) is 4.79 Å². The van der Waals surface area contributed by atoms with Crippen LogP contribution in [-0.2, 0) is 4.74 Å². The van der Waals surface area contributed by atoms with E-state index in [1.165, 1.54) is 12.8 Å². The summed E-state index contributed by atoms with van der Waals surface area (Å²) in [5.41, 5.74) is 10.9. The summed E-state index contributed by atoms with van der Waals surface area (Å²) in [4.78, 5) is 14.1. The monoisotopic (exact) mass is 299 g/mol. The summed E-state index contributed by atoms with van der Waals surface area (Å²) in [5.74, 6) is 1.23. The maximum absolute atomic E-state index is 12.3. The van der Waals surface area contributed by atoms with Crippen molar-refractivity contribution in [2.75, 3.05) is 26.2 Å². The Balaban J connectivity index is 2.51. The molecule has 5 nitrogen and oxygen atoms in total. The predicted molar refractivity (Wildman–Crippen MR) is 86.0 cm³/mol. The van der Waals surface area contributed by atoms with Gasteiger partial charge in [-0.1, -0.05) is 0 Å². The van der Waals surface area contributed by atoms with Gasteiger partial charge in [0.2, 0.25) is 0 Å². The lowest BCUT2D eigenvalue weighted by Gasteiger charge is -2.33. The van der Waals surface area contributed by atoms with Crippen LogP contribution in [0.1, 0.15) is 52.9 Å². The van der Waals surface area contributed by atoms with Crippen molar-refractivity contribution < 1.29 is 9.53 Å². The normalized spacial score (nSPS) is 22.9. The maximum Gasteiger partial charge on any atom is 0.410 e. The third-order valence-electron chi connectivity index (χ3n) is 4.06. The molecule has 1 aliphatic rings. The molecule has 1 saturated carbocycles. The molecule has 0 aromatic rings. The highest BCUT2D eigenvalue weighted by Crippen LogP contribution is 2.29. The van der Waals surface area contributed by atoms with E-state index >= 15 is 0 Å². The van der Waals surface area contributed by atoms with Crippen molar-refractivity contribution in [3.63, 3.8) is 0 Å². The van der Waals surface area contributed by atoms with E-state index < -0.39 is 5.60 Å². The number of nitrogens with zero attached hydrogens (tertiary/aromatic N) is 1. The Morgan fingerprint density at radius 1 is 1.14 bits per heavy atom. The smallest absolute Gasteiger partial charge is 0.410 e. The molecule has 0 aromatic heterocycles. The standard InChI is InChI=1S/C16H33N3O2/c1-16(2,3)21-15(20)19(10-4-9-17)12-14-7-5-13(11-18)6-8-14/h13-14H,4-12,17-18H2,1-3H3/t13-,14-. The Bertz CT molecular complexity index is 307. The molecule has 0 bridgehead atoms. The minimum atomic E-state index is -0.449. The van der Waals surface area contributed by atoms with Gasteiger partial charge in [-0.3, -0.25) is 0 Å². The second-order valence-corrected chi connectivity index (χ2v) is 7.19. The van der Waals surface area contributed by atoms with Gasteiger partial charge in [0.1, 0.15) is 5.60 Å². The van der Waals surface area contributed by atoms with Gasteiger partial charge in [0.05, 0.1) is 0 Å². The van der Waals surface area contributed by atoms with E-state index in [1.807, 2.05) is 25.7 Å². The molecule has 1 aliphatic carbocycles. The molecule has 0 aliphatic heterocycles. The average molecular weight is 299 g/mol. The van der Waals surface area contributed by atoms with Gasteiger partial charge in [0, 0.05) is 13.1 Å². The molecule has 0 unspecified atom stereocenters. The molecular weight excluding hydrogens is 266 g/mol. The SMILES string of the molecule is CC(C)(C)OC(=O)N(CCCN)C[C@H]1CC[C@H](CN)CC1. The Morgan fingerprint density at radius 3 is 2.19 bits per heavy atom. The molecule has 0 spiro atoms. The van der Waals surface area contributed by atoms with Crippen LogP contribution in [0.25, 0.3) is 0 Å². The first-order chi connectivity index (χ1) is 9.85. The zero-order valence-corrected chi connectivity index (χ0v) is 13.9. The van der Waals surface area contributed by atoms with Gasteiger partial charge < -0.3 is 21.1 Å². The van der Waals surface area contributed by atoms with Crippen molar-refractivity contribution in [1.82, 2.24) is 4.90 Å². The summed E-state index contributed by atoms with van der Waals surface area (Å²) in [7, 11) is 0. The Hall–Kier alpha value is -0.810. The summed E-state index contributed by atoms with van der Waals surface area (Å²) >= 11 is 0. The summed E-state index contributed by atoms with van der Waals surface area (Å²) in [6.07, 6.45) is 5.28. The second-order valence-electron chi connectivity index (χ2n) is 7.19. The quantitative estimate of drug-likeness (QED) is 0.788. The van der Waals surface area contributed by atoms with Gasteiger partial charge in [-0.05, 0) is 77.8 Å². The number of ether oxygens (including phenoxy) is 1. The molecular formula is C16H33N3O2. The van der Waals surface area contributed by atoms with Crippen LogP contribution in [0.5, 0.6) is 0 Å². The topological polar surface area (TPSA) is 81.6 Å². The van der Waals surface area contributed by atoms with Crippen LogP contribution >= 0.6 is 0 Å². The lowest BCUT2D eigenvalue weighted by molar-refractivity contribution is 0.0202. The number of carbonyl (C=O) groups excluding carboxylic acids is 1. The number of nitrogens with two attached hydrogens (primary N) is 2. The number of carbonyl (C=O) groups is 1. The minimum Gasteiger partial charge on any atom is -0.444 e. The van der Waals surface area contributed by atoms with Crippen molar-refractivity contribution in [1.29, 1.82) is 0 Å². The third-order valence-corrected chi connectivity index (χ3v) is 4.06. The fourth-order valence-electron chi connectivity index (χ4n) is 2.83. The fourth-order valence-corrected chi connectivity index (χ4v) is 2.83. The number of hydrogen-bond acceptors (Lipinski definition) is 4. The minimum absolute atomic E-state index is 0.211. The summed E-state index contributed by atoms with van der Waals surface area (Å²) in [6, 6.07) is 0. The molecule has 0 aromatic carbocycles. The zero-order valence-electron chi connectivity index (χ0n) is 13.9. The van der Waals surface area contributed by atoms with Gasteiger partial charge >= 0.3 is 6.09 Å². The van der Waals surface area contributed by atoms with Gasteiger partial charge in [0.15, 0.2) is 0 Å². The molecule has 21 heavy (non-hydrogen) atoms. The molecule has 0 saturated heterocycles. The van der Waals surface area contributed by atoms with E-state index in [-0.39, 0.29) is 6.09 Å². The molecule has 1 rings (SSSR count). The molecule has 4 N–H and O–H groups in total. The Kier molecular flexibility index (Phi) is 7.46. The fraction of sp³-hybridized carbons (Fsp3) is 0.938. The third kappa shape index (κ3) is 7.14. The van der Waals surface area contributed by atoms with Crippen molar-refractivity contribution >= 4 is 6.09 Å². The van der Waals surface area contributed by atoms with Crippen LogP contribution in [0, 0.1) is 11.8 Å². The van der Waals surface area contributed by atoms with E-state index in [0.29, 0.717) is 24.9 Å². The first-order valence-corrected chi connectivity index (χ1v) is 8.23. The first-order valence-electron chi connectivity index (χ1n) is 8.23. The van der Waals surface area contributed by atoms with E-state index in [1.54, 1.807) is 0 Å². The highest BCUT2D eigenvalue weighted by molar-refractivity contribution is 5.68. The highest BCUT2D eigenvalue weighted by Gasteiger charge is 2.26. The van der Waals surface area contributed by atoms with Crippen LogP contribution in [0.2, 0.25) is 0 Å². The summed E-state index contributed by atoms with van der Waals surface area (Å²) in [5, 5.41) is 0.